The molecule has 0 aliphatic rings. The normalized spacial score (nSPS) is 10.6. The number of hydrogen-bond donors (Lipinski definition) is 0. The van der Waals surface area contributed by atoms with Crippen LogP contribution in [0.15, 0.2) is 43.0 Å². The Labute approximate surface area is 90.0 Å². The van der Waals surface area contributed by atoms with Crippen LogP contribution >= 0.6 is 0 Å². The van der Waals surface area contributed by atoms with E-state index in [1.807, 2.05) is 24.5 Å². The fraction of sp³-hybridized carbons (Fsp3) is 0.231. The van der Waals surface area contributed by atoms with Crippen LogP contribution in [-0.4, -0.2) is 9.97 Å². The molecular weight excluding hydrogens is 184 g/mol. The summed E-state index contributed by atoms with van der Waals surface area (Å²) < 4.78 is 0. The first-order valence-corrected chi connectivity index (χ1v) is 5.12. The van der Waals surface area contributed by atoms with Gasteiger partial charge in [0.2, 0.25) is 0 Å². The summed E-state index contributed by atoms with van der Waals surface area (Å²) in [5, 5.41) is 0. The van der Waals surface area contributed by atoms with E-state index >= 15 is 0 Å². The Morgan fingerprint density at radius 2 is 1.67 bits per heavy atom. The van der Waals surface area contributed by atoms with E-state index in [1.54, 1.807) is 12.4 Å². The molecule has 76 valence electrons. The smallest absolute Gasteiger partial charge is 0.0346 e. The first kappa shape index (κ1) is 9.84. The first-order valence-electron chi connectivity index (χ1n) is 5.12. The van der Waals surface area contributed by atoms with Crippen molar-refractivity contribution in [1.29, 1.82) is 0 Å². The number of rotatable bonds is 2. The van der Waals surface area contributed by atoms with Crippen LogP contribution in [0.25, 0.3) is 11.1 Å². The summed E-state index contributed by atoms with van der Waals surface area (Å²) in [6.45, 7) is 4.35. The molecule has 0 aliphatic heterocycles. The standard InChI is InChI=1S/C13H14N2/c1-10(2)12-7-13(9-15-8-12)11-3-5-14-6-4-11/h3-10H,1-2H3. The Kier molecular flexibility index (Phi) is 2.77. The van der Waals surface area contributed by atoms with Gasteiger partial charge in [-0.1, -0.05) is 13.8 Å². The number of aromatic nitrogens is 2. The van der Waals surface area contributed by atoms with Crippen LogP contribution < -0.4 is 0 Å². The van der Waals surface area contributed by atoms with Gasteiger partial charge in [-0.3, -0.25) is 9.97 Å². The second-order valence-electron chi connectivity index (χ2n) is 3.90. The van der Waals surface area contributed by atoms with Gasteiger partial charge in [-0.15, -0.1) is 0 Å². The summed E-state index contributed by atoms with van der Waals surface area (Å²) in [4.78, 5) is 8.27. The largest absolute Gasteiger partial charge is 0.265 e. The zero-order chi connectivity index (χ0) is 10.7. The van der Waals surface area contributed by atoms with E-state index < -0.39 is 0 Å². The molecule has 0 spiro atoms. The van der Waals surface area contributed by atoms with Crippen LogP contribution in [0.3, 0.4) is 0 Å². The first-order chi connectivity index (χ1) is 7.27. The van der Waals surface area contributed by atoms with Gasteiger partial charge in [-0.2, -0.15) is 0 Å². The predicted octanol–water partition coefficient (Wildman–Crippen LogP) is 3.27. The minimum atomic E-state index is 0.513. The van der Waals surface area contributed by atoms with Crippen LogP contribution in [-0.2, 0) is 0 Å². The summed E-state index contributed by atoms with van der Waals surface area (Å²) >= 11 is 0. The minimum absolute atomic E-state index is 0.513. The molecule has 0 saturated heterocycles. The molecule has 0 unspecified atom stereocenters. The van der Waals surface area contributed by atoms with Crippen molar-refractivity contribution in [1.82, 2.24) is 9.97 Å². The van der Waals surface area contributed by atoms with Crippen molar-refractivity contribution in [2.75, 3.05) is 0 Å². The lowest BCUT2D eigenvalue weighted by Gasteiger charge is -2.07. The highest BCUT2D eigenvalue weighted by Crippen LogP contribution is 2.21. The fourth-order valence-electron chi connectivity index (χ4n) is 1.48. The lowest BCUT2D eigenvalue weighted by Crippen LogP contribution is -1.90. The highest BCUT2D eigenvalue weighted by Gasteiger charge is 2.02. The van der Waals surface area contributed by atoms with Crippen molar-refractivity contribution >= 4 is 0 Å². The minimum Gasteiger partial charge on any atom is -0.265 e. The van der Waals surface area contributed by atoms with Gasteiger partial charge < -0.3 is 0 Å². The molecule has 2 aromatic rings. The van der Waals surface area contributed by atoms with E-state index in [4.69, 9.17) is 0 Å². The molecule has 0 aromatic carbocycles. The number of pyridine rings is 2. The van der Waals surface area contributed by atoms with Gasteiger partial charge in [-0.25, -0.2) is 0 Å². The molecule has 2 heterocycles. The third-order valence-electron chi connectivity index (χ3n) is 2.44. The van der Waals surface area contributed by atoms with Crippen molar-refractivity contribution in [3.05, 3.63) is 48.5 Å². The average Bonchev–Trinajstić information content (AvgIpc) is 2.30. The molecule has 2 nitrogen and oxygen atoms in total. The Bertz CT molecular complexity index is 435. The third kappa shape index (κ3) is 2.21. The van der Waals surface area contributed by atoms with Gasteiger partial charge >= 0.3 is 0 Å². The topological polar surface area (TPSA) is 25.8 Å². The molecular formula is C13H14N2. The second-order valence-corrected chi connectivity index (χ2v) is 3.90. The summed E-state index contributed by atoms with van der Waals surface area (Å²) in [6.07, 6.45) is 7.42. The molecule has 2 aromatic heterocycles. The quantitative estimate of drug-likeness (QED) is 0.740. The monoisotopic (exact) mass is 198 g/mol. The van der Waals surface area contributed by atoms with E-state index in [0.29, 0.717) is 5.92 Å². The second kappa shape index (κ2) is 4.22. The van der Waals surface area contributed by atoms with E-state index in [9.17, 15) is 0 Å². The number of hydrogen-bond acceptors (Lipinski definition) is 2. The maximum atomic E-state index is 4.26. The number of nitrogens with zero attached hydrogens (tertiary/aromatic N) is 2. The molecule has 0 radical (unpaired) electrons. The molecule has 2 rings (SSSR count). The van der Waals surface area contributed by atoms with Crippen molar-refractivity contribution < 1.29 is 0 Å². The van der Waals surface area contributed by atoms with Crippen molar-refractivity contribution in [2.45, 2.75) is 19.8 Å². The maximum Gasteiger partial charge on any atom is 0.0346 e. The fourth-order valence-corrected chi connectivity index (χ4v) is 1.48. The van der Waals surface area contributed by atoms with Crippen molar-refractivity contribution in [3.63, 3.8) is 0 Å². The van der Waals surface area contributed by atoms with E-state index in [-0.39, 0.29) is 0 Å². The van der Waals surface area contributed by atoms with Gasteiger partial charge in [0.1, 0.15) is 0 Å². The van der Waals surface area contributed by atoms with Gasteiger partial charge in [0.05, 0.1) is 0 Å². The maximum absolute atomic E-state index is 4.26. The zero-order valence-electron chi connectivity index (χ0n) is 9.01. The van der Waals surface area contributed by atoms with Gasteiger partial charge in [-0.05, 0) is 35.2 Å². The molecule has 15 heavy (non-hydrogen) atoms. The van der Waals surface area contributed by atoms with Gasteiger partial charge in [0.25, 0.3) is 0 Å². The highest BCUT2D eigenvalue weighted by atomic mass is 14.6. The Morgan fingerprint density at radius 1 is 0.933 bits per heavy atom. The molecule has 0 bridgehead atoms. The van der Waals surface area contributed by atoms with Crippen LogP contribution in [0.2, 0.25) is 0 Å². The van der Waals surface area contributed by atoms with E-state index in [2.05, 4.69) is 29.9 Å². The highest BCUT2D eigenvalue weighted by molar-refractivity contribution is 5.62. The Hall–Kier alpha value is -1.70. The van der Waals surface area contributed by atoms with Crippen LogP contribution in [0, 0.1) is 0 Å². The molecule has 0 N–H and O–H groups in total. The molecule has 0 amide bonds. The van der Waals surface area contributed by atoms with Gasteiger partial charge in [0.15, 0.2) is 0 Å². The SMILES string of the molecule is CC(C)c1cncc(-c2ccncc2)c1. The molecule has 0 aliphatic carbocycles. The van der Waals surface area contributed by atoms with E-state index in [1.165, 1.54) is 11.1 Å². The van der Waals surface area contributed by atoms with E-state index in [0.717, 1.165) is 5.56 Å². The average molecular weight is 198 g/mol. The summed E-state index contributed by atoms with van der Waals surface area (Å²) in [5.74, 6) is 0.513. The predicted molar refractivity (Wildman–Crippen MR) is 61.6 cm³/mol. The molecule has 0 saturated carbocycles. The Balaban J connectivity index is 2.42. The van der Waals surface area contributed by atoms with Crippen LogP contribution in [0.1, 0.15) is 25.3 Å². The van der Waals surface area contributed by atoms with Crippen molar-refractivity contribution in [2.24, 2.45) is 0 Å². The summed E-state index contributed by atoms with van der Waals surface area (Å²) in [6, 6.07) is 6.19. The molecule has 0 atom stereocenters. The summed E-state index contributed by atoms with van der Waals surface area (Å²) in [7, 11) is 0. The lowest BCUT2D eigenvalue weighted by molar-refractivity contribution is 0.859. The zero-order valence-corrected chi connectivity index (χ0v) is 9.01. The lowest BCUT2D eigenvalue weighted by atomic mass is 10.0. The van der Waals surface area contributed by atoms with Crippen LogP contribution in [0.4, 0.5) is 0 Å². The van der Waals surface area contributed by atoms with Crippen LogP contribution in [0.5, 0.6) is 0 Å². The Morgan fingerprint density at radius 3 is 2.33 bits per heavy atom. The van der Waals surface area contributed by atoms with Gasteiger partial charge in [0, 0.05) is 30.4 Å². The summed E-state index contributed by atoms with van der Waals surface area (Å²) in [5.41, 5.74) is 3.59. The molecule has 2 heteroatoms. The van der Waals surface area contributed by atoms with Crippen molar-refractivity contribution in [3.8, 4) is 11.1 Å². The third-order valence-corrected chi connectivity index (χ3v) is 2.44. The molecule has 0 fully saturated rings.